The van der Waals surface area contributed by atoms with Crippen molar-refractivity contribution in [3.05, 3.63) is 102 Å². The number of anilines is 1. The standard InChI is InChI=1S/C21H17N5O/c27-21(23-18-12-7-13-19(14-18)26-15-22-24-25-26)20(16-8-3-1-4-9-16)17-10-5-2-6-11-17/h1-15,20H,(H,23,27). The first-order chi connectivity index (χ1) is 13.3. The van der Waals surface area contributed by atoms with E-state index in [1.807, 2.05) is 84.9 Å². The van der Waals surface area contributed by atoms with Gasteiger partial charge in [0.2, 0.25) is 5.91 Å². The number of benzene rings is 3. The first kappa shape index (κ1) is 16.7. The third-order valence-electron chi connectivity index (χ3n) is 4.26. The number of tetrazole rings is 1. The van der Waals surface area contributed by atoms with E-state index < -0.39 is 5.92 Å². The van der Waals surface area contributed by atoms with Crippen LogP contribution in [0.5, 0.6) is 0 Å². The summed E-state index contributed by atoms with van der Waals surface area (Å²) in [4.78, 5) is 13.2. The van der Waals surface area contributed by atoms with Gasteiger partial charge in [0.15, 0.2) is 0 Å². The second-order valence-electron chi connectivity index (χ2n) is 6.05. The zero-order valence-electron chi connectivity index (χ0n) is 14.4. The van der Waals surface area contributed by atoms with Crippen molar-refractivity contribution in [2.45, 2.75) is 5.92 Å². The number of nitrogens with zero attached hydrogens (tertiary/aromatic N) is 4. The van der Waals surface area contributed by atoms with Crippen LogP contribution >= 0.6 is 0 Å². The van der Waals surface area contributed by atoms with Gasteiger partial charge >= 0.3 is 0 Å². The van der Waals surface area contributed by atoms with Crippen molar-refractivity contribution < 1.29 is 4.79 Å². The molecule has 0 aliphatic rings. The van der Waals surface area contributed by atoms with Crippen LogP contribution in [0.4, 0.5) is 5.69 Å². The summed E-state index contributed by atoms with van der Waals surface area (Å²) in [7, 11) is 0. The fourth-order valence-electron chi connectivity index (χ4n) is 3.01. The predicted molar refractivity (Wildman–Crippen MR) is 103 cm³/mol. The molecule has 0 saturated heterocycles. The molecule has 6 heteroatoms. The van der Waals surface area contributed by atoms with Gasteiger partial charge in [-0.25, -0.2) is 4.68 Å². The van der Waals surface area contributed by atoms with Crippen LogP contribution in [0.25, 0.3) is 5.69 Å². The number of hydrogen-bond donors (Lipinski definition) is 1. The van der Waals surface area contributed by atoms with Crippen LogP contribution in [-0.2, 0) is 4.79 Å². The fourth-order valence-corrected chi connectivity index (χ4v) is 3.01. The van der Waals surface area contributed by atoms with Crippen molar-refractivity contribution in [1.82, 2.24) is 20.2 Å². The molecular weight excluding hydrogens is 338 g/mol. The smallest absolute Gasteiger partial charge is 0.236 e. The molecule has 0 unspecified atom stereocenters. The first-order valence-electron chi connectivity index (χ1n) is 8.55. The van der Waals surface area contributed by atoms with Crippen LogP contribution in [-0.4, -0.2) is 26.1 Å². The van der Waals surface area contributed by atoms with Crippen LogP contribution in [0, 0.1) is 0 Å². The first-order valence-corrected chi connectivity index (χ1v) is 8.55. The Morgan fingerprint density at radius 2 is 1.52 bits per heavy atom. The maximum Gasteiger partial charge on any atom is 0.236 e. The maximum atomic E-state index is 13.2. The number of carbonyl (C=O) groups excluding carboxylic acids is 1. The number of hydrogen-bond acceptors (Lipinski definition) is 4. The monoisotopic (exact) mass is 355 g/mol. The summed E-state index contributed by atoms with van der Waals surface area (Å²) in [5.41, 5.74) is 3.34. The lowest BCUT2D eigenvalue weighted by Crippen LogP contribution is -2.22. The number of nitrogens with one attached hydrogen (secondary N) is 1. The van der Waals surface area contributed by atoms with Crippen molar-refractivity contribution in [3.8, 4) is 5.69 Å². The zero-order chi connectivity index (χ0) is 18.5. The number of amides is 1. The summed E-state index contributed by atoms with van der Waals surface area (Å²) < 4.78 is 1.54. The van der Waals surface area contributed by atoms with Gasteiger partial charge in [0.25, 0.3) is 0 Å². The topological polar surface area (TPSA) is 72.7 Å². The van der Waals surface area contributed by atoms with Crippen LogP contribution in [0.2, 0.25) is 0 Å². The molecule has 0 spiro atoms. The van der Waals surface area contributed by atoms with E-state index in [0.717, 1.165) is 16.8 Å². The van der Waals surface area contributed by atoms with E-state index in [9.17, 15) is 4.79 Å². The van der Waals surface area contributed by atoms with Crippen molar-refractivity contribution in [1.29, 1.82) is 0 Å². The largest absolute Gasteiger partial charge is 0.325 e. The molecule has 0 bridgehead atoms. The van der Waals surface area contributed by atoms with E-state index in [1.165, 1.54) is 6.33 Å². The van der Waals surface area contributed by atoms with Gasteiger partial charge in [0.1, 0.15) is 6.33 Å². The molecule has 0 atom stereocenters. The lowest BCUT2D eigenvalue weighted by atomic mass is 9.90. The molecule has 0 aliphatic carbocycles. The van der Waals surface area contributed by atoms with Gasteiger partial charge in [-0.1, -0.05) is 66.7 Å². The Kier molecular flexibility index (Phi) is 4.70. The van der Waals surface area contributed by atoms with E-state index in [4.69, 9.17) is 0 Å². The van der Waals surface area contributed by atoms with Gasteiger partial charge in [-0.2, -0.15) is 0 Å². The fraction of sp³-hybridized carbons (Fsp3) is 0.0476. The predicted octanol–water partition coefficient (Wildman–Crippen LogP) is 3.43. The molecule has 1 aromatic heterocycles. The highest BCUT2D eigenvalue weighted by molar-refractivity contribution is 5.98. The van der Waals surface area contributed by atoms with E-state index in [-0.39, 0.29) is 5.91 Å². The number of aromatic nitrogens is 4. The molecular formula is C21H17N5O. The molecule has 132 valence electrons. The molecule has 3 aromatic carbocycles. The van der Waals surface area contributed by atoms with Crippen LogP contribution in [0.1, 0.15) is 17.0 Å². The molecule has 6 nitrogen and oxygen atoms in total. The van der Waals surface area contributed by atoms with Gasteiger partial charge in [-0.3, -0.25) is 4.79 Å². The third kappa shape index (κ3) is 3.74. The molecule has 27 heavy (non-hydrogen) atoms. The molecule has 1 N–H and O–H groups in total. The third-order valence-corrected chi connectivity index (χ3v) is 4.26. The highest BCUT2D eigenvalue weighted by atomic mass is 16.1. The lowest BCUT2D eigenvalue weighted by molar-refractivity contribution is -0.116. The second-order valence-corrected chi connectivity index (χ2v) is 6.05. The highest BCUT2D eigenvalue weighted by Gasteiger charge is 2.22. The Balaban J connectivity index is 1.64. The van der Waals surface area contributed by atoms with Crippen molar-refractivity contribution in [3.63, 3.8) is 0 Å². The van der Waals surface area contributed by atoms with Gasteiger partial charge in [-0.05, 0) is 39.8 Å². The second kappa shape index (κ2) is 7.61. The van der Waals surface area contributed by atoms with Gasteiger partial charge < -0.3 is 5.32 Å². The van der Waals surface area contributed by atoms with Crippen LogP contribution in [0.15, 0.2) is 91.3 Å². The average molecular weight is 355 g/mol. The summed E-state index contributed by atoms with van der Waals surface area (Å²) in [6.45, 7) is 0. The Labute approximate surface area is 156 Å². The Morgan fingerprint density at radius 3 is 2.11 bits per heavy atom. The summed E-state index contributed by atoms with van der Waals surface area (Å²) in [5, 5.41) is 14.2. The summed E-state index contributed by atoms with van der Waals surface area (Å²) in [5.74, 6) is -0.495. The minimum absolute atomic E-state index is 0.0961. The van der Waals surface area contributed by atoms with Crippen LogP contribution in [0.3, 0.4) is 0 Å². The normalized spacial score (nSPS) is 10.7. The van der Waals surface area contributed by atoms with Crippen LogP contribution < -0.4 is 5.32 Å². The molecule has 1 amide bonds. The molecule has 1 heterocycles. The molecule has 0 fully saturated rings. The minimum Gasteiger partial charge on any atom is -0.325 e. The van der Waals surface area contributed by atoms with Gasteiger partial charge in [0, 0.05) is 5.69 Å². The molecule has 0 radical (unpaired) electrons. The Bertz CT molecular complexity index is 977. The molecule has 0 saturated carbocycles. The average Bonchev–Trinajstić information content (AvgIpc) is 3.25. The quantitative estimate of drug-likeness (QED) is 0.595. The number of rotatable bonds is 5. The maximum absolute atomic E-state index is 13.2. The molecule has 4 aromatic rings. The molecule has 4 rings (SSSR count). The Morgan fingerprint density at radius 1 is 0.852 bits per heavy atom. The highest BCUT2D eigenvalue weighted by Crippen LogP contribution is 2.26. The summed E-state index contributed by atoms with van der Waals surface area (Å²) in [6.07, 6.45) is 1.51. The number of carbonyl (C=O) groups is 1. The van der Waals surface area contributed by atoms with Gasteiger partial charge in [-0.15, -0.1) is 5.10 Å². The van der Waals surface area contributed by atoms with Gasteiger partial charge in [0.05, 0.1) is 11.6 Å². The molecule has 0 aliphatic heterocycles. The van der Waals surface area contributed by atoms with Crippen molar-refractivity contribution in [2.75, 3.05) is 5.32 Å². The SMILES string of the molecule is O=C(Nc1cccc(-n2cnnn2)c1)C(c1ccccc1)c1ccccc1. The van der Waals surface area contributed by atoms with E-state index in [2.05, 4.69) is 20.8 Å². The van der Waals surface area contributed by atoms with E-state index >= 15 is 0 Å². The summed E-state index contributed by atoms with van der Waals surface area (Å²) >= 11 is 0. The van der Waals surface area contributed by atoms with Crippen molar-refractivity contribution >= 4 is 11.6 Å². The van der Waals surface area contributed by atoms with Crippen molar-refractivity contribution in [2.24, 2.45) is 0 Å². The van der Waals surface area contributed by atoms with E-state index in [1.54, 1.807) is 4.68 Å². The lowest BCUT2D eigenvalue weighted by Gasteiger charge is -2.18. The van der Waals surface area contributed by atoms with E-state index in [0.29, 0.717) is 5.69 Å². The summed E-state index contributed by atoms with van der Waals surface area (Å²) in [6, 6.07) is 26.9. The Hall–Kier alpha value is -3.80. The minimum atomic E-state index is -0.399. The zero-order valence-corrected chi connectivity index (χ0v) is 14.4.